The second-order valence-electron chi connectivity index (χ2n) is 5.15. The van der Waals surface area contributed by atoms with Crippen molar-refractivity contribution >= 4 is 40.7 Å². The van der Waals surface area contributed by atoms with Crippen LogP contribution < -0.4 is 10.6 Å². The van der Waals surface area contributed by atoms with E-state index in [9.17, 15) is 0 Å². The lowest BCUT2D eigenvalue weighted by Gasteiger charge is -2.11. The Kier molecular flexibility index (Phi) is 5.13. The van der Waals surface area contributed by atoms with Crippen LogP contribution in [-0.2, 0) is 6.54 Å². The summed E-state index contributed by atoms with van der Waals surface area (Å²) < 4.78 is 0. The van der Waals surface area contributed by atoms with Crippen LogP contribution in [0.4, 0.5) is 17.5 Å². The van der Waals surface area contributed by atoms with Crippen molar-refractivity contribution in [3.8, 4) is 0 Å². The Bertz CT molecular complexity index is 854. The van der Waals surface area contributed by atoms with E-state index in [1.165, 1.54) is 0 Å². The molecule has 24 heavy (non-hydrogen) atoms. The average molecular weight is 360 g/mol. The number of benzene rings is 2. The molecule has 0 unspecified atom stereocenters. The first-order valence-electron chi connectivity index (χ1n) is 7.32. The molecule has 0 bridgehead atoms. The molecule has 7 heteroatoms. The van der Waals surface area contributed by atoms with Crippen LogP contribution in [0.25, 0.3) is 0 Å². The van der Waals surface area contributed by atoms with Crippen molar-refractivity contribution in [3.63, 3.8) is 0 Å². The fourth-order valence-corrected chi connectivity index (χ4v) is 2.51. The molecule has 1 aromatic heterocycles. The second-order valence-corrected chi connectivity index (χ2v) is 5.96. The van der Waals surface area contributed by atoms with Crippen molar-refractivity contribution in [2.24, 2.45) is 0 Å². The van der Waals surface area contributed by atoms with Crippen LogP contribution in [0.3, 0.4) is 0 Å². The molecule has 0 amide bonds. The van der Waals surface area contributed by atoms with Gasteiger partial charge in [0.15, 0.2) is 5.82 Å². The van der Waals surface area contributed by atoms with Crippen LogP contribution in [0.5, 0.6) is 0 Å². The topological polar surface area (TPSA) is 62.7 Å². The first-order valence-corrected chi connectivity index (χ1v) is 8.08. The number of anilines is 3. The molecule has 122 valence electrons. The molecule has 0 spiro atoms. The first kappa shape index (κ1) is 16.5. The maximum absolute atomic E-state index is 6.14. The van der Waals surface area contributed by atoms with Gasteiger partial charge in [-0.1, -0.05) is 47.5 Å². The molecular formula is C17H15Cl2N5. The summed E-state index contributed by atoms with van der Waals surface area (Å²) in [5.74, 6) is 0.997. The molecule has 3 rings (SSSR count). The molecule has 5 nitrogen and oxygen atoms in total. The van der Waals surface area contributed by atoms with E-state index < -0.39 is 0 Å². The number of aromatic nitrogens is 3. The smallest absolute Gasteiger partial charge is 0.244 e. The quantitative estimate of drug-likeness (QED) is 0.682. The molecule has 0 saturated heterocycles. The van der Waals surface area contributed by atoms with Gasteiger partial charge in [-0.3, -0.25) is 0 Å². The van der Waals surface area contributed by atoms with E-state index in [0.717, 1.165) is 16.8 Å². The predicted octanol–water partition coefficient (Wildman–Crippen LogP) is 4.84. The van der Waals surface area contributed by atoms with Crippen molar-refractivity contribution in [3.05, 3.63) is 69.8 Å². The summed E-state index contributed by atoms with van der Waals surface area (Å²) in [6.45, 7) is 2.46. The largest absolute Gasteiger partial charge is 0.349 e. The molecule has 0 fully saturated rings. The van der Waals surface area contributed by atoms with Crippen LogP contribution in [0.2, 0.25) is 10.0 Å². The summed E-state index contributed by atoms with van der Waals surface area (Å²) in [6.07, 6.45) is 1.56. The third kappa shape index (κ3) is 3.93. The second kappa shape index (κ2) is 7.47. The van der Waals surface area contributed by atoms with Crippen molar-refractivity contribution in [1.29, 1.82) is 0 Å². The minimum absolute atomic E-state index is 0.416. The number of nitrogens with zero attached hydrogens (tertiary/aromatic N) is 3. The predicted molar refractivity (Wildman–Crippen MR) is 98.1 cm³/mol. The van der Waals surface area contributed by atoms with E-state index in [1.807, 2.05) is 49.4 Å². The van der Waals surface area contributed by atoms with E-state index in [0.29, 0.717) is 28.4 Å². The van der Waals surface area contributed by atoms with Crippen LogP contribution in [0, 0.1) is 6.92 Å². The monoisotopic (exact) mass is 359 g/mol. The van der Waals surface area contributed by atoms with Gasteiger partial charge in [0.25, 0.3) is 0 Å². The molecule has 3 aromatic rings. The highest BCUT2D eigenvalue weighted by Crippen LogP contribution is 2.25. The highest BCUT2D eigenvalue weighted by atomic mass is 35.5. The summed E-state index contributed by atoms with van der Waals surface area (Å²) in [7, 11) is 0. The van der Waals surface area contributed by atoms with Gasteiger partial charge in [-0.2, -0.15) is 10.1 Å². The molecule has 1 heterocycles. The molecule has 0 radical (unpaired) electrons. The minimum atomic E-state index is 0.416. The Morgan fingerprint density at radius 1 is 1.00 bits per heavy atom. The molecule has 0 aliphatic rings. The van der Waals surface area contributed by atoms with Gasteiger partial charge < -0.3 is 10.6 Å². The molecule has 2 N–H and O–H groups in total. The average Bonchev–Trinajstić information content (AvgIpc) is 2.59. The Labute approximate surface area is 150 Å². The number of hydrogen-bond acceptors (Lipinski definition) is 5. The number of nitrogens with one attached hydrogen (secondary N) is 2. The van der Waals surface area contributed by atoms with Gasteiger partial charge in [0.1, 0.15) is 0 Å². The number of hydrogen-bond donors (Lipinski definition) is 2. The maximum atomic E-state index is 6.14. The van der Waals surface area contributed by atoms with Gasteiger partial charge in [0.2, 0.25) is 5.95 Å². The van der Waals surface area contributed by atoms with Crippen LogP contribution in [-0.4, -0.2) is 15.2 Å². The lowest BCUT2D eigenvalue weighted by atomic mass is 10.2. The van der Waals surface area contributed by atoms with E-state index in [1.54, 1.807) is 6.20 Å². The van der Waals surface area contributed by atoms with E-state index >= 15 is 0 Å². The van der Waals surface area contributed by atoms with Gasteiger partial charge in [-0.15, -0.1) is 5.10 Å². The van der Waals surface area contributed by atoms with Gasteiger partial charge in [0.05, 0.1) is 6.20 Å². The van der Waals surface area contributed by atoms with Gasteiger partial charge >= 0.3 is 0 Å². The lowest BCUT2D eigenvalue weighted by molar-refractivity contribution is 0.948. The minimum Gasteiger partial charge on any atom is -0.349 e. The summed E-state index contributed by atoms with van der Waals surface area (Å²) in [6, 6.07) is 13.3. The molecular weight excluding hydrogens is 345 g/mol. The van der Waals surface area contributed by atoms with Crippen molar-refractivity contribution < 1.29 is 0 Å². The summed E-state index contributed by atoms with van der Waals surface area (Å²) >= 11 is 12.3. The fraction of sp³-hybridized carbons (Fsp3) is 0.118. The normalized spacial score (nSPS) is 10.5. The van der Waals surface area contributed by atoms with Gasteiger partial charge in [0, 0.05) is 22.3 Å². The third-order valence-corrected chi connectivity index (χ3v) is 4.26. The van der Waals surface area contributed by atoms with E-state index in [2.05, 4.69) is 25.8 Å². The summed E-state index contributed by atoms with van der Waals surface area (Å²) in [5.41, 5.74) is 2.79. The van der Waals surface area contributed by atoms with Crippen molar-refractivity contribution in [1.82, 2.24) is 15.2 Å². The lowest BCUT2D eigenvalue weighted by Crippen LogP contribution is -2.07. The zero-order chi connectivity index (χ0) is 16.9. The molecule has 2 aromatic carbocycles. The summed E-state index contributed by atoms with van der Waals surface area (Å²) in [4.78, 5) is 4.40. The summed E-state index contributed by atoms with van der Waals surface area (Å²) in [5, 5.41) is 15.7. The highest BCUT2D eigenvalue weighted by molar-refractivity contribution is 6.31. The van der Waals surface area contributed by atoms with E-state index in [4.69, 9.17) is 23.2 Å². The number of halogens is 2. The SMILES string of the molecule is Cc1c(Cl)cccc1Nc1cnnc(NCc2ccccc2Cl)n1. The zero-order valence-electron chi connectivity index (χ0n) is 12.9. The van der Waals surface area contributed by atoms with Crippen LogP contribution >= 0.6 is 23.2 Å². The Hall–Kier alpha value is -2.37. The standard InChI is InChI=1S/C17H15Cl2N5/c1-11-13(18)7-4-8-15(11)22-16-10-21-24-17(23-16)20-9-12-5-2-3-6-14(12)19/h2-8,10H,9H2,1H3,(H2,20,22,23,24). The van der Waals surface area contributed by atoms with Crippen LogP contribution in [0.1, 0.15) is 11.1 Å². The van der Waals surface area contributed by atoms with Gasteiger partial charge in [-0.25, -0.2) is 0 Å². The Morgan fingerprint density at radius 2 is 1.79 bits per heavy atom. The van der Waals surface area contributed by atoms with Crippen LogP contribution in [0.15, 0.2) is 48.7 Å². The van der Waals surface area contributed by atoms with Crippen molar-refractivity contribution in [2.75, 3.05) is 10.6 Å². The fourth-order valence-electron chi connectivity index (χ4n) is 2.14. The molecule has 0 aliphatic heterocycles. The third-order valence-electron chi connectivity index (χ3n) is 3.48. The van der Waals surface area contributed by atoms with E-state index in [-0.39, 0.29) is 0 Å². The molecule has 0 atom stereocenters. The first-order chi connectivity index (χ1) is 11.6. The number of rotatable bonds is 5. The zero-order valence-corrected chi connectivity index (χ0v) is 14.4. The Balaban J connectivity index is 1.72. The maximum Gasteiger partial charge on any atom is 0.244 e. The highest BCUT2D eigenvalue weighted by Gasteiger charge is 2.06. The van der Waals surface area contributed by atoms with Crippen molar-refractivity contribution in [2.45, 2.75) is 13.5 Å². The molecule has 0 aliphatic carbocycles. The molecule has 0 saturated carbocycles. The van der Waals surface area contributed by atoms with Gasteiger partial charge in [-0.05, 0) is 36.2 Å². The Morgan fingerprint density at radius 3 is 2.62 bits per heavy atom.